The molecular formula is C10H21NO3. The summed E-state index contributed by atoms with van der Waals surface area (Å²) in [4.78, 5) is 10.4. The highest BCUT2D eigenvalue weighted by atomic mass is 16.5. The van der Waals surface area contributed by atoms with Gasteiger partial charge in [-0.3, -0.25) is 4.79 Å². The van der Waals surface area contributed by atoms with Crippen LogP contribution in [0.25, 0.3) is 0 Å². The molecule has 0 fully saturated rings. The second-order valence-electron chi connectivity index (χ2n) is 3.32. The molecule has 0 spiro atoms. The Balaban J connectivity index is 2.88. The van der Waals surface area contributed by atoms with Crippen LogP contribution in [0.5, 0.6) is 0 Å². The zero-order chi connectivity index (χ0) is 10.6. The fourth-order valence-corrected chi connectivity index (χ4v) is 1.10. The normalized spacial score (nSPS) is 10.4. The SMILES string of the molecule is NC(=O)CCCCOCCCCCO. The minimum Gasteiger partial charge on any atom is -0.396 e. The van der Waals surface area contributed by atoms with Gasteiger partial charge in [-0.25, -0.2) is 0 Å². The molecule has 0 aliphatic rings. The number of hydrogen-bond acceptors (Lipinski definition) is 3. The summed E-state index contributed by atoms with van der Waals surface area (Å²) in [5.74, 6) is -0.243. The highest BCUT2D eigenvalue weighted by molar-refractivity contribution is 5.73. The van der Waals surface area contributed by atoms with Crippen molar-refractivity contribution in [2.45, 2.75) is 38.5 Å². The van der Waals surface area contributed by atoms with Crippen LogP contribution in [-0.4, -0.2) is 30.8 Å². The van der Waals surface area contributed by atoms with E-state index < -0.39 is 0 Å². The molecule has 0 atom stereocenters. The van der Waals surface area contributed by atoms with Crippen LogP contribution in [0.4, 0.5) is 0 Å². The summed E-state index contributed by atoms with van der Waals surface area (Å²) in [5, 5.41) is 8.51. The van der Waals surface area contributed by atoms with Crippen LogP contribution in [0, 0.1) is 0 Å². The molecule has 0 saturated heterocycles. The summed E-state index contributed by atoms with van der Waals surface area (Å²) in [6, 6.07) is 0. The van der Waals surface area contributed by atoms with Crippen molar-refractivity contribution in [2.24, 2.45) is 5.73 Å². The number of carbonyl (C=O) groups excluding carboxylic acids is 1. The Kier molecular flexibility index (Phi) is 10.0. The summed E-state index contributed by atoms with van der Waals surface area (Å²) in [5.41, 5.74) is 4.98. The summed E-state index contributed by atoms with van der Waals surface area (Å²) in [6.07, 6.45) is 5.02. The first-order valence-electron chi connectivity index (χ1n) is 5.24. The van der Waals surface area contributed by atoms with Gasteiger partial charge in [0.2, 0.25) is 5.91 Å². The quantitative estimate of drug-likeness (QED) is 0.516. The molecule has 0 aliphatic carbocycles. The smallest absolute Gasteiger partial charge is 0.217 e. The van der Waals surface area contributed by atoms with Crippen LogP contribution in [0.3, 0.4) is 0 Å². The molecule has 0 rings (SSSR count). The number of ether oxygens (including phenoxy) is 1. The maximum absolute atomic E-state index is 10.4. The van der Waals surface area contributed by atoms with Crippen molar-refractivity contribution in [3.05, 3.63) is 0 Å². The molecule has 0 radical (unpaired) electrons. The van der Waals surface area contributed by atoms with E-state index in [0.717, 1.165) is 38.7 Å². The van der Waals surface area contributed by atoms with Gasteiger partial charge < -0.3 is 15.6 Å². The topological polar surface area (TPSA) is 72.6 Å². The second kappa shape index (κ2) is 10.5. The molecule has 0 heterocycles. The molecular weight excluding hydrogens is 182 g/mol. The van der Waals surface area contributed by atoms with Crippen molar-refractivity contribution in [1.29, 1.82) is 0 Å². The average molecular weight is 203 g/mol. The molecule has 4 heteroatoms. The van der Waals surface area contributed by atoms with Crippen molar-refractivity contribution in [1.82, 2.24) is 0 Å². The maximum Gasteiger partial charge on any atom is 0.217 e. The van der Waals surface area contributed by atoms with E-state index in [4.69, 9.17) is 15.6 Å². The molecule has 4 nitrogen and oxygen atoms in total. The Morgan fingerprint density at radius 1 is 1.07 bits per heavy atom. The molecule has 0 aromatic heterocycles. The van der Waals surface area contributed by atoms with E-state index in [0.29, 0.717) is 13.0 Å². The second-order valence-corrected chi connectivity index (χ2v) is 3.32. The van der Waals surface area contributed by atoms with Gasteiger partial charge in [0, 0.05) is 26.2 Å². The summed E-state index contributed by atoms with van der Waals surface area (Å²) < 4.78 is 5.33. The highest BCUT2D eigenvalue weighted by Gasteiger charge is 1.94. The monoisotopic (exact) mass is 203 g/mol. The van der Waals surface area contributed by atoms with Crippen LogP contribution in [0.1, 0.15) is 38.5 Å². The lowest BCUT2D eigenvalue weighted by molar-refractivity contribution is -0.118. The third-order valence-corrected chi connectivity index (χ3v) is 1.91. The molecule has 14 heavy (non-hydrogen) atoms. The fraction of sp³-hybridized carbons (Fsp3) is 0.900. The Morgan fingerprint density at radius 2 is 1.71 bits per heavy atom. The third-order valence-electron chi connectivity index (χ3n) is 1.91. The van der Waals surface area contributed by atoms with Gasteiger partial charge in [0.05, 0.1) is 0 Å². The van der Waals surface area contributed by atoms with Crippen LogP contribution in [-0.2, 0) is 9.53 Å². The zero-order valence-electron chi connectivity index (χ0n) is 8.71. The summed E-state index contributed by atoms with van der Waals surface area (Å²) in [7, 11) is 0. The van der Waals surface area contributed by atoms with E-state index in [2.05, 4.69) is 0 Å². The number of aliphatic hydroxyl groups excluding tert-OH is 1. The molecule has 1 amide bonds. The molecule has 84 valence electrons. The Hall–Kier alpha value is -0.610. The van der Waals surface area contributed by atoms with E-state index in [9.17, 15) is 4.79 Å². The number of hydrogen-bond donors (Lipinski definition) is 2. The number of unbranched alkanes of at least 4 members (excludes halogenated alkanes) is 3. The van der Waals surface area contributed by atoms with Crippen molar-refractivity contribution in [3.63, 3.8) is 0 Å². The number of amides is 1. The van der Waals surface area contributed by atoms with E-state index in [1.807, 2.05) is 0 Å². The lowest BCUT2D eigenvalue weighted by Crippen LogP contribution is -2.10. The van der Waals surface area contributed by atoms with Crippen molar-refractivity contribution in [3.8, 4) is 0 Å². The largest absolute Gasteiger partial charge is 0.396 e. The predicted molar refractivity (Wildman–Crippen MR) is 54.8 cm³/mol. The minimum atomic E-state index is -0.243. The molecule has 0 aliphatic heterocycles. The van der Waals surface area contributed by atoms with E-state index in [1.54, 1.807) is 0 Å². The average Bonchev–Trinajstić information content (AvgIpc) is 2.15. The van der Waals surface area contributed by atoms with Gasteiger partial charge >= 0.3 is 0 Å². The van der Waals surface area contributed by atoms with Crippen LogP contribution < -0.4 is 5.73 Å². The Bertz CT molecular complexity index is 139. The minimum absolute atomic E-state index is 0.243. The van der Waals surface area contributed by atoms with Gasteiger partial charge in [-0.1, -0.05) is 0 Å². The standard InChI is InChI=1S/C10H21NO3/c11-10(13)6-2-5-9-14-8-4-1-3-7-12/h12H,1-9H2,(H2,11,13). The number of carbonyl (C=O) groups is 1. The zero-order valence-corrected chi connectivity index (χ0v) is 8.71. The summed E-state index contributed by atoms with van der Waals surface area (Å²) >= 11 is 0. The number of primary amides is 1. The number of rotatable bonds is 10. The van der Waals surface area contributed by atoms with Gasteiger partial charge in [0.15, 0.2) is 0 Å². The molecule has 0 aromatic rings. The molecule has 0 aromatic carbocycles. The van der Waals surface area contributed by atoms with Crippen LogP contribution in [0.15, 0.2) is 0 Å². The first-order valence-corrected chi connectivity index (χ1v) is 5.24. The molecule has 0 unspecified atom stereocenters. The first kappa shape index (κ1) is 13.4. The lowest BCUT2D eigenvalue weighted by atomic mass is 10.2. The van der Waals surface area contributed by atoms with Gasteiger partial charge in [-0.05, 0) is 32.1 Å². The Morgan fingerprint density at radius 3 is 2.29 bits per heavy atom. The first-order chi connectivity index (χ1) is 6.77. The number of nitrogens with two attached hydrogens (primary N) is 1. The van der Waals surface area contributed by atoms with E-state index in [-0.39, 0.29) is 12.5 Å². The van der Waals surface area contributed by atoms with Gasteiger partial charge in [0.25, 0.3) is 0 Å². The number of aliphatic hydroxyl groups is 1. The van der Waals surface area contributed by atoms with Gasteiger partial charge in [0.1, 0.15) is 0 Å². The van der Waals surface area contributed by atoms with Crippen molar-refractivity contribution >= 4 is 5.91 Å². The van der Waals surface area contributed by atoms with E-state index >= 15 is 0 Å². The predicted octanol–water partition coefficient (Wildman–Crippen LogP) is 0.821. The summed E-state index contributed by atoms with van der Waals surface area (Å²) in [6.45, 7) is 1.71. The fourth-order valence-electron chi connectivity index (χ4n) is 1.10. The maximum atomic E-state index is 10.4. The van der Waals surface area contributed by atoms with Crippen molar-refractivity contribution in [2.75, 3.05) is 19.8 Å². The van der Waals surface area contributed by atoms with Gasteiger partial charge in [-0.2, -0.15) is 0 Å². The third kappa shape index (κ3) is 11.4. The lowest BCUT2D eigenvalue weighted by Gasteiger charge is -2.02. The van der Waals surface area contributed by atoms with Crippen LogP contribution in [0.2, 0.25) is 0 Å². The Labute approximate surface area is 85.4 Å². The molecule has 3 N–H and O–H groups in total. The van der Waals surface area contributed by atoms with Gasteiger partial charge in [-0.15, -0.1) is 0 Å². The van der Waals surface area contributed by atoms with E-state index in [1.165, 1.54) is 0 Å². The highest BCUT2D eigenvalue weighted by Crippen LogP contribution is 1.98. The van der Waals surface area contributed by atoms with Crippen molar-refractivity contribution < 1.29 is 14.6 Å². The van der Waals surface area contributed by atoms with Crippen LogP contribution >= 0.6 is 0 Å². The molecule has 0 bridgehead atoms. The molecule has 0 saturated carbocycles.